The Morgan fingerprint density at radius 3 is 3.19 bits per heavy atom. The Balaban J connectivity index is 2.47. The van der Waals surface area contributed by atoms with E-state index >= 15 is 0 Å². The fourth-order valence-corrected chi connectivity index (χ4v) is 3.04. The molecule has 0 bridgehead atoms. The first kappa shape index (κ1) is 13.3. The molecule has 5 heteroatoms. The molecule has 16 heavy (non-hydrogen) atoms. The van der Waals surface area contributed by atoms with Crippen LogP contribution in [-0.2, 0) is 15.3 Å². The Morgan fingerprint density at radius 2 is 2.50 bits per heavy atom. The summed E-state index contributed by atoms with van der Waals surface area (Å²) in [5.74, 6) is 0.945. The smallest absolute Gasteiger partial charge is 0.328 e. The van der Waals surface area contributed by atoms with E-state index in [1.54, 1.807) is 36.3 Å². The van der Waals surface area contributed by atoms with Gasteiger partial charge < -0.3 is 9.84 Å². The third kappa shape index (κ3) is 4.83. The lowest BCUT2D eigenvalue weighted by atomic mass is 10.2. The van der Waals surface area contributed by atoms with Crippen LogP contribution >= 0.6 is 23.1 Å². The molecule has 1 heterocycles. The van der Waals surface area contributed by atoms with Crippen LogP contribution in [0.3, 0.4) is 0 Å². The first-order valence-corrected chi connectivity index (χ1v) is 6.81. The van der Waals surface area contributed by atoms with Gasteiger partial charge in [0.25, 0.3) is 0 Å². The Bertz CT molecular complexity index is 358. The van der Waals surface area contributed by atoms with Crippen molar-refractivity contribution in [2.45, 2.75) is 5.75 Å². The second-order valence-corrected chi connectivity index (χ2v) is 5.12. The number of ether oxygens (including phenoxy) is 1. The molecule has 0 spiro atoms. The van der Waals surface area contributed by atoms with Crippen molar-refractivity contribution in [1.29, 1.82) is 0 Å². The van der Waals surface area contributed by atoms with E-state index in [-0.39, 0.29) is 0 Å². The molecule has 0 aliphatic rings. The molecule has 0 saturated carbocycles. The summed E-state index contributed by atoms with van der Waals surface area (Å²) in [6, 6.07) is 1.94. The van der Waals surface area contributed by atoms with Crippen molar-refractivity contribution in [3.05, 3.63) is 28.0 Å². The lowest BCUT2D eigenvalue weighted by Crippen LogP contribution is -1.92. The maximum absolute atomic E-state index is 10.4. The number of carboxylic acids is 1. The van der Waals surface area contributed by atoms with Crippen LogP contribution in [0.4, 0.5) is 0 Å². The maximum Gasteiger partial charge on any atom is 0.328 e. The van der Waals surface area contributed by atoms with Crippen molar-refractivity contribution in [2.75, 3.05) is 19.5 Å². The number of aliphatic carboxylic acids is 1. The fourth-order valence-electron chi connectivity index (χ4n) is 1.08. The van der Waals surface area contributed by atoms with E-state index in [0.717, 1.165) is 23.7 Å². The van der Waals surface area contributed by atoms with Gasteiger partial charge in [-0.15, -0.1) is 11.3 Å². The molecule has 0 radical (unpaired) electrons. The van der Waals surface area contributed by atoms with Crippen molar-refractivity contribution < 1.29 is 14.6 Å². The highest BCUT2D eigenvalue weighted by Crippen LogP contribution is 2.23. The highest BCUT2D eigenvalue weighted by Gasteiger charge is 2.02. The number of carboxylic acid groups (broad SMARTS) is 1. The van der Waals surface area contributed by atoms with Crippen LogP contribution in [0.1, 0.15) is 10.4 Å². The molecule has 0 amide bonds. The van der Waals surface area contributed by atoms with Gasteiger partial charge >= 0.3 is 5.97 Å². The SMILES string of the molecule is COCCSCc1sccc1C=CC(=O)O. The molecule has 0 fully saturated rings. The highest BCUT2D eigenvalue weighted by atomic mass is 32.2. The number of thiophene rings is 1. The minimum atomic E-state index is -0.913. The van der Waals surface area contributed by atoms with Gasteiger partial charge in [-0.3, -0.25) is 0 Å². The molecule has 1 aromatic heterocycles. The summed E-state index contributed by atoms with van der Waals surface area (Å²) in [5.41, 5.74) is 0.998. The van der Waals surface area contributed by atoms with Crippen LogP contribution in [0.25, 0.3) is 6.08 Å². The minimum absolute atomic E-state index is 0.746. The van der Waals surface area contributed by atoms with E-state index in [1.807, 2.05) is 11.4 Å². The summed E-state index contributed by atoms with van der Waals surface area (Å²) in [5, 5.41) is 10.5. The van der Waals surface area contributed by atoms with Crippen molar-refractivity contribution in [3.8, 4) is 0 Å². The Kier molecular flexibility index (Phi) is 6.22. The van der Waals surface area contributed by atoms with Crippen LogP contribution in [0.5, 0.6) is 0 Å². The molecule has 0 aromatic carbocycles. The molecule has 1 aromatic rings. The first-order chi connectivity index (χ1) is 7.74. The molecule has 1 rings (SSSR count). The van der Waals surface area contributed by atoms with Gasteiger partial charge in [-0.25, -0.2) is 4.79 Å². The van der Waals surface area contributed by atoms with Gasteiger partial charge in [-0.05, 0) is 23.1 Å². The predicted octanol–water partition coefficient (Wildman–Crippen LogP) is 2.73. The lowest BCUT2D eigenvalue weighted by molar-refractivity contribution is -0.131. The third-order valence-electron chi connectivity index (χ3n) is 1.85. The summed E-state index contributed by atoms with van der Waals surface area (Å²) in [7, 11) is 1.69. The molecule has 0 unspecified atom stereocenters. The van der Waals surface area contributed by atoms with Crippen LogP contribution in [0, 0.1) is 0 Å². The Labute approximate surface area is 103 Å². The minimum Gasteiger partial charge on any atom is -0.478 e. The van der Waals surface area contributed by atoms with Crippen LogP contribution in [0.2, 0.25) is 0 Å². The second kappa shape index (κ2) is 7.49. The summed E-state index contributed by atoms with van der Waals surface area (Å²) < 4.78 is 4.96. The lowest BCUT2D eigenvalue weighted by Gasteiger charge is -2.00. The molecule has 3 nitrogen and oxygen atoms in total. The molecule has 1 N–H and O–H groups in total. The van der Waals surface area contributed by atoms with E-state index in [2.05, 4.69) is 0 Å². The second-order valence-electron chi connectivity index (χ2n) is 3.02. The largest absolute Gasteiger partial charge is 0.478 e. The van der Waals surface area contributed by atoms with Crippen molar-refractivity contribution >= 4 is 35.1 Å². The first-order valence-electron chi connectivity index (χ1n) is 4.78. The standard InChI is InChI=1S/C11H14O3S2/c1-14-5-7-15-8-10-9(4-6-16-10)2-3-11(12)13/h2-4,6H,5,7-8H2,1H3,(H,12,13). The zero-order valence-corrected chi connectivity index (χ0v) is 10.6. The zero-order valence-electron chi connectivity index (χ0n) is 9.01. The van der Waals surface area contributed by atoms with Gasteiger partial charge in [0.1, 0.15) is 0 Å². The maximum atomic E-state index is 10.4. The average Bonchev–Trinajstić information content (AvgIpc) is 2.69. The number of thioether (sulfide) groups is 1. The van der Waals surface area contributed by atoms with Crippen LogP contribution < -0.4 is 0 Å². The van der Waals surface area contributed by atoms with E-state index in [4.69, 9.17) is 9.84 Å². The number of carbonyl (C=O) groups is 1. The van der Waals surface area contributed by atoms with Crippen molar-refractivity contribution in [3.63, 3.8) is 0 Å². The highest BCUT2D eigenvalue weighted by molar-refractivity contribution is 7.98. The van der Waals surface area contributed by atoms with E-state index < -0.39 is 5.97 Å². The number of hydrogen-bond donors (Lipinski definition) is 1. The van der Waals surface area contributed by atoms with Gasteiger partial charge in [0.15, 0.2) is 0 Å². The zero-order chi connectivity index (χ0) is 11.8. The summed E-state index contributed by atoms with van der Waals surface area (Å²) in [4.78, 5) is 11.6. The monoisotopic (exact) mass is 258 g/mol. The van der Waals surface area contributed by atoms with Gasteiger partial charge in [0.2, 0.25) is 0 Å². The van der Waals surface area contributed by atoms with Gasteiger partial charge in [-0.1, -0.05) is 0 Å². The molecular weight excluding hydrogens is 244 g/mol. The van der Waals surface area contributed by atoms with Gasteiger partial charge in [0.05, 0.1) is 6.61 Å². The molecule has 0 aliphatic carbocycles. The molecule has 0 saturated heterocycles. The van der Waals surface area contributed by atoms with Crippen molar-refractivity contribution in [2.24, 2.45) is 0 Å². The number of rotatable bonds is 7. The Morgan fingerprint density at radius 1 is 1.69 bits per heavy atom. The summed E-state index contributed by atoms with van der Waals surface area (Å²) in [6.45, 7) is 0.746. The van der Waals surface area contributed by atoms with E-state index in [1.165, 1.54) is 11.0 Å². The van der Waals surface area contributed by atoms with Gasteiger partial charge in [0, 0.05) is 29.6 Å². The average molecular weight is 258 g/mol. The molecule has 0 aliphatic heterocycles. The number of hydrogen-bond acceptors (Lipinski definition) is 4. The summed E-state index contributed by atoms with van der Waals surface area (Å²) >= 11 is 3.44. The summed E-state index contributed by atoms with van der Waals surface area (Å²) in [6.07, 6.45) is 2.82. The van der Waals surface area contributed by atoms with Crippen LogP contribution in [0.15, 0.2) is 17.5 Å². The topological polar surface area (TPSA) is 46.5 Å². The van der Waals surface area contributed by atoms with E-state index in [0.29, 0.717) is 0 Å². The molecule has 88 valence electrons. The third-order valence-corrected chi connectivity index (χ3v) is 3.92. The number of methoxy groups -OCH3 is 1. The normalized spacial score (nSPS) is 11.1. The Hall–Kier alpha value is -0.780. The van der Waals surface area contributed by atoms with Gasteiger partial charge in [-0.2, -0.15) is 11.8 Å². The quantitative estimate of drug-likeness (QED) is 0.603. The van der Waals surface area contributed by atoms with Crippen LogP contribution in [-0.4, -0.2) is 30.5 Å². The fraction of sp³-hybridized carbons (Fsp3) is 0.364. The van der Waals surface area contributed by atoms with E-state index in [9.17, 15) is 4.79 Å². The molecule has 0 atom stereocenters. The van der Waals surface area contributed by atoms with Crippen molar-refractivity contribution in [1.82, 2.24) is 0 Å². The molecular formula is C11H14O3S2. The predicted molar refractivity (Wildman–Crippen MR) is 69.0 cm³/mol.